The number of hydrogen-bond donors (Lipinski definition) is 1. The SMILES string of the molecule is Br.CCCCCCCCCCCCCCCCCCNOc1ccccc1C(=O)c1ccccc1. The van der Waals surface area contributed by atoms with Crippen molar-refractivity contribution in [1.82, 2.24) is 5.48 Å². The van der Waals surface area contributed by atoms with E-state index in [9.17, 15) is 4.79 Å². The molecule has 2 aromatic carbocycles. The number of rotatable bonds is 21. The van der Waals surface area contributed by atoms with Gasteiger partial charge in [0.25, 0.3) is 0 Å². The van der Waals surface area contributed by atoms with Gasteiger partial charge < -0.3 is 4.84 Å². The van der Waals surface area contributed by atoms with Gasteiger partial charge in [0.1, 0.15) is 0 Å². The third-order valence-corrected chi connectivity index (χ3v) is 6.48. The Kier molecular flexibility index (Phi) is 19.4. The van der Waals surface area contributed by atoms with Crippen molar-refractivity contribution in [1.29, 1.82) is 0 Å². The number of halogens is 1. The van der Waals surface area contributed by atoms with Crippen LogP contribution in [-0.2, 0) is 0 Å². The van der Waals surface area contributed by atoms with Crippen LogP contribution in [0.5, 0.6) is 5.75 Å². The van der Waals surface area contributed by atoms with Crippen LogP contribution in [0.3, 0.4) is 0 Å². The number of ketones is 1. The van der Waals surface area contributed by atoms with Crippen LogP contribution in [0, 0.1) is 0 Å². The van der Waals surface area contributed by atoms with E-state index in [1.165, 1.54) is 96.3 Å². The predicted molar refractivity (Wildman–Crippen MR) is 155 cm³/mol. The fraction of sp³-hybridized carbons (Fsp3) is 0.581. The highest BCUT2D eigenvalue weighted by molar-refractivity contribution is 8.93. The van der Waals surface area contributed by atoms with E-state index in [-0.39, 0.29) is 22.8 Å². The molecule has 0 aliphatic carbocycles. The first-order valence-corrected chi connectivity index (χ1v) is 13.9. The van der Waals surface area contributed by atoms with Crippen LogP contribution in [0.15, 0.2) is 54.6 Å². The van der Waals surface area contributed by atoms with Crippen molar-refractivity contribution < 1.29 is 9.63 Å². The van der Waals surface area contributed by atoms with E-state index in [0.29, 0.717) is 16.9 Å². The molecule has 2 aromatic rings. The number of hydroxylamine groups is 1. The number of para-hydroxylation sites is 1. The Morgan fingerprint density at radius 2 is 1.09 bits per heavy atom. The maximum atomic E-state index is 12.8. The summed E-state index contributed by atoms with van der Waals surface area (Å²) in [5.74, 6) is 0.577. The van der Waals surface area contributed by atoms with Gasteiger partial charge in [-0.05, 0) is 18.6 Å². The van der Waals surface area contributed by atoms with Crippen molar-refractivity contribution in [2.24, 2.45) is 0 Å². The van der Waals surface area contributed by atoms with Crippen LogP contribution < -0.4 is 10.3 Å². The van der Waals surface area contributed by atoms with Crippen molar-refractivity contribution >= 4 is 22.8 Å². The zero-order valence-corrected chi connectivity index (χ0v) is 23.7. The van der Waals surface area contributed by atoms with Crippen molar-refractivity contribution in [3.8, 4) is 5.75 Å². The average Bonchev–Trinajstić information content (AvgIpc) is 2.88. The van der Waals surface area contributed by atoms with E-state index in [1.54, 1.807) is 0 Å². The second-order valence-corrected chi connectivity index (χ2v) is 9.49. The molecule has 0 fully saturated rings. The average molecular weight is 547 g/mol. The quantitative estimate of drug-likeness (QED) is 0.0962. The van der Waals surface area contributed by atoms with Gasteiger partial charge in [0.2, 0.25) is 0 Å². The molecule has 0 heterocycles. The Bertz CT molecular complexity index is 766. The molecule has 0 unspecified atom stereocenters. The van der Waals surface area contributed by atoms with E-state index in [4.69, 9.17) is 4.84 Å². The van der Waals surface area contributed by atoms with E-state index >= 15 is 0 Å². The summed E-state index contributed by atoms with van der Waals surface area (Å²) in [7, 11) is 0. The number of nitrogens with one attached hydrogen (secondary N) is 1. The lowest BCUT2D eigenvalue weighted by Gasteiger charge is -2.11. The minimum absolute atomic E-state index is 0. The molecule has 0 atom stereocenters. The van der Waals surface area contributed by atoms with E-state index in [1.807, 2.05) is 54.6 Å². The summed E-state index contributed by atoms with van der Waals surface area (Å²) in [6.07, 6.45) is 21.9. The summed E-state index contributed by atoms with van der Waals surface area (Å²) >= 11 is 0. The lowest BCUT2D eigenvalue weighted by atomic mass is 10.0. The maximum Gasteiger partial charge on any atom is 0.196 e. The maximum absolute atomic E-state index is 12.8. The lowest BCUT2D eigenvalue weighted by Crippen LogP contribution is -2.21. The highest BCUT2D eigenvalue weighted by Gasteiger charge is 2.14. The second-order valence-electron chi connectivity index (χ2n) is 9.49. The van der Waals surface area contributed by atoms with Crippen molar-refractivity contribution in [3.63, 3.8) is 0 Å². The van der Waals surface area contributed by atoms with Gasteiger partial charge in [-0.15, -0.1) is 17.0 Å². The van der Waals surface area contributed by atoms with Crippen molar-refractivity contribution in [3.05, 3.63) is 65.7 Å². The first-order valence-electron chi connectivity index (χ1n) is 13.9. The second kappa shape index (κ2) is 21.6. The smallest absolute Gasteiger partial charge is 0.196 e. The molecular weight excluding hydrogens is 498 g/mol. The monoisotopic (exact) mass is 545 g/mol. The van der Waals surface area contributed by atoms with E-state index in [0.717, 1.165) is 13.0 Å². The highest BCUT2D eigenvalue weighted by atomic mass is 79.9. The van der Waals surface area contributed by atoms with Gasteiger partial charge in [0.15, 0.2) is 11.5 Å². The Balaban J connectivity index is 0.00000612. The molecule has 3 nitrogen and oxygen atoms in total. The fourth-order valence-corrected chi connectivity index (χ4v) is 4.36. The fourth-order valence-electron chi connectivity index (χ4n) is 4.36. The minimum Gasteiger partial charge on any atom is -0.408 e. The normalized spacial score (nSPS) is 10.7. The molecule has 2 rings (SSSR count). The third-order valence-electron chi connectivity index (χ3n) is 6.48. The molecule has 0 radical (unpaired) electrons. The summed E-state index contributed by atoms with van der Waals surface area (Å²) < 4.78 is 0. The molecular formula is C31H48BrNO2. The molecule has 0 spiro atoms. The van der Waals surface area contributed by atoms with Crippen LogP contribution in [0.1, 0.15) is 126 Å². The van der Waals surface area contributed by atoms with Crippen LogP contribution in [-0.4, -0.2) is 12.3 Å². The molecule has 0 saturated carbocycles. The molecule has 0 bridgehead atoms. The number of carbonyl (C=O) groups is 1. The van der Waals surface area contributed by atoms with Gasteiger partial charge in [-0.1, -0.05) is 146 Å². The first kappa shape index (κ1) is 31.4. The Morgan fingerprint density at radius 3 is 1.63 bits per heavy atom. The summed E-state index contributed by atoms with van der Waals surface area (Å²) in [4.78, 5) is 18.5. The molecule has 0 amide bonds. The van der Waals surface area contributed by atoms with E-state index < -0.39 is 0 Å². The number of benzene rings is 2. The van der Waals surface area contributed by atoms with E-state index in [2.05, 4.69) is 12.4 Å². The number of unbranched alkanes of at least 4 members (excludes halogenated alkanes) is 15. The Hall–Kier alpha value is -1.65. The van der Waals surface area contributed by atoms with Crippen molar-refractivity contribution in [2.45, 2.75) is 110 Å². The van der Waals surface area contributed by atoms with Gasteiger partial charge in [-0.2, -0.15) is 5.48 Å². The zero-order chi connectivity index (χ0) is 24.1. The molecule has 196 valence electrons. The van der Waals surface area contributed by atoms with Gasteiger partial charge in [-0.3, -0.25) is 4.79 Å². The number of hydrogen-bond acceptors (Lipinski definition) is 3. The van der Waals surface area contributed by atoms with Crippen LogP contribution >= 0.6 is 17.0 Å². The highest BCUT2D eigenvalue weighted by Crippen LogP contribution is 2.21. The van der Waals surface area contributed by atoms with Crippen LogP contribution in [0.25, 0.3) is 0 Å². The molecule has 35 heavy (non-hydrogen) atoms. The standard InChI is InChI=1S/C31H47NO2.BrH/c1-2-3-4-5-6-7-8-9-10-11-12-13-14-15-16-22-27-32-34-30-26-21-20-25-29(30)31(33)28-23-18-17-19-24-28;/h17-21,23-26,32H,2-16,22,27H2,1H3;1H. The first-order chi connectivity index (χ1) is 16.8. The van der Waals surface area contributed by atoms with Gasteiger partial charge >= 0.3 is 0 Å². The zero-order valence-electron chi connectivity index (χ0n) is 21.9. The molecule has 4 heteroatoms. The topological polar surface area (TPSA) is 38.3 Å². The Labute approximate surface area is 225 Å². The summed E-state index contributed by atoms with van der Waals surface area (Å²) in [6, 6.07) is 16.8. The summed E-state index contributed by atoms with van der Waals surface area (Å²) in [5.41, 5.74) is 4.31. The van der Waals surface area contributed by atoms with Gasteiger partial charge in [-0.25, -0.2) is 0 Å². The minimum atomic E-state index is -0.0135. The molecule has 0 aliphatic heterocycles. The largest absolute Gasteiger partial charge is 0.408 e. The molecule has 1 N–H and O–H groups in total. The Morgan fingerprint density at radius 1 is 0.629 bits per heavy atom. The molecule has 0 saturated heterocycles. The van der Waals surface area contributed by atoms with Gasteiger partial charge in [0.05, 0.1) is 5.56 Å². The van der Waals surface area contributed by atoms with Crippen LogP contribution in [0.4, 0.5) is 0 Å². The summed E-state index contributed by atoms with van der Waals surface area (Å²) in [5, 5.41) is 0. The van der Waals surface area contributed by atoms with Crippen LogP contribution in [0.2, 0.25) is 0 Å². The molecule has 0 aliphatic rings. The third kappa shape index (κ3) is 14.5. The number of carbonyl (C=O) groups excluding carboxylic acids is 1. The van der Waals surface area contributed by atoms with Crippen molar-refractivity contribution in [2.75, 3.05) is 6.54 Å². The summed E-state index contributed by atoms with van der Waals surface area (Å²) in [6.45, 7) is 3.08. The molecule has 0 aromatic heterocycles. The lowest BCUT2D eigenvalue weighted by molar-refractivity contribution is 0.102. The van der Waals surface area contributed by atoms with Gasteiger partial charge in [0, 0.05) is 12.1 Å². The predicted octanol–water partition coefficient (Wildman–Crippen LogP) is 9.64.